The number of piperidine rings is 2. The first kappa shape index (κ1) is 38.2. The van der Waals surface area contributed by atoms with Crippen LogP contribution in [0.2, 0.25) is 0 Å². The maximum atomic E-state index is 14.3. The first-order valence-electron chi connectivity index (χ1n) is 18.8. The Morgan fingerprint density at radius 2 is 1.34 bits per heavy atom. The van der Waals surface area contributed by atoms with Crippen molar-refractivity contribution >= 4 is 57.2 Å². The lowest BCUT2D eigenvalue weighted by Gasteiger charge is -2.25. The van der Waals surface area contributed by atoms with Crippen LogP contribution in [-0.2, 0) is 41.9 Å². The van der Waals surface area contributed by atoms with E-state index in [0.717, 1.165) is 0 Å². The second-order valence-corrected chi connectivity index (χ2v) is 16.1. The predicted octanol–water partition coefficient (Wildman–Crippen LogP) is 2.15. The maximum Gasteiger partial charge on any atom is 0.262 e. The number of aromatic nitrogens is 4. The van der Waals surface area contributed by atoms with E-state index in [4.69, 9.17) is 4.98 Å². The fourth-order valence-electron chi connectivity index (χ4n) is 7.98. The van der Waals surface area contributed by atoms with Crippen molar-refractivity contribution in [3.63, 3.8) is 0 Å². The summed E-state index contributed by atoms with van der Waals surface area (Å²) in [4.78, 5) is 113. The van der Waals surface area contributed by atoms with E-state index < -0.39 is 52.7 Å². The molecule has 1 aliphatic carbocycles. The molecule has 16 heteroatoms. The Bertz CT molecular complexity index is 2500. The van der Waals surface area contributed by atoms with Crippen molar-refractivity contribution in [1.29, 1.82) is 0 Å². The second-order valence-electron chi connectivity index (χ2n) is 16.1. The molecule has 1 saturated carbocycles. The topological polar surface area (TPSA) is 220 Å². The molecule has 56 heavy (non-hydrogen) atoms. The summed E-state index contributed by atoms with van der Waals surface area (Å²) in [5.74, 6) is -2.57. The minimum atomic E-state index is -0.940. The van der Waals surface area contributed by atoms with Gasteiger partial charge in [0.05, 0.1) is 21.8 Å². The zero-order valence-corrected chi connectivity index (χ0v) is 31.9. The van der Waals surface area contributed by atoms with Crippen molar-refractivity contribution in [2.45, 2.75) is 104 Å². The van der Waals surface area contributed by atoms with Crippen LogP contribution < -0.4 is 32.4 Å². The van der Waals surface area contributed by atoms with E-state index in [-0.39, 0.29) is 84.9 Å². The van der Waals surface area contributed by atoms with Gasteiger partial charge in [-0.3, -0.25) is 58.1 Å². The van der Waals surface area contributed by atoms with Gasteiger partial charge in [-0.15, -0.1) is 0 Å². The first-order chi connectivity index (χ1) is 26.5. The van der Waals surface area contributed by atoms with Gasteiger partial charge in [0.1, 0.15) is 23.7 Å². The third-order valence-electron chi connectivity index (χ3n) is 10.7. The van der Waals surface area contributed by atoms with Gasteiger partial charge in [-0.1, -0.05) is 45.0 Å². The monoisotopic (exact) mass is 764 g/mol. The lowest BCUT2D eigenvalue weighted by Crippen LogP contribution is -2.45. The lowest BCUT2D eigenvalue weighted by atomic mass is 9.92. The van der Waals surface area contributed by atoms with Gasteiger partial charge in [-0.2, -0.15) is 0 Å². The van der Waals surface area contributed by atoms with Crippen molar-refractivity contribution in [2.24, 2.45) is 11.3 Å². The van der Waals surface area contributed by atoms with Gasteiger partial charge >= 0.3 is 0 Å². The van der Waals surface area contributed by atoms with Gasteiger partial charge in [0.15, 0.2) is 0 Å². The van der Waals surface area contributed by atoms with Crippen LogP contribution in [0.1, 0.15) is 106 Å². The summed E-state index contributed by atoms with van der Waals surface area (Å²) in [6, 6.07) is 6.88. The van der Waals surface area contributed by atoms with E-state index in [1.54, 1.807) is 38.1 Å². The number of fused-ring (bicyclic) bond motifs is 2. The van der Waals surface area contributed by atoms with Crippen molar-refractivity contribution in [2.75, 3.05) is 0 Å². The van der Waals surface area contributed by atoms with Gasteiger partial charge in [0.2, 0.25) is 35.4 Å². The Hall–Kier alpha value is -6.06. The number of rotatable bonds is 9. The van der Waals surface area contributed by atoms with E-state index in [0.29, 0.717) is 40.0 Å². The van der Waals surface area contributed by atoms with Gasteiger partial charge in [-0.05, 0) is 67.2 Å². The molecule has 16 nitrogen and oxygen atoms in total. The Balaban J connectivity index is 1.17. The highest BCUT2D eigenvalue weighted by atomic mass is 16.2. The zero-order valence-electron chi connectivity index (χ0n) is 31.9. The molecule has 2 aliphatic heterocycles. The van der Waals surface area contributed by atoms with Crippen LogP contribution in [0.25, 0.3) is 21.8 Å². The number of hydrogen-bond acceptors (Lipinski definition) is 10. The number of nitrogens with one attached hydrogen (secondary N) is 4. The molecule has 4 unspecified atom stereocenters. The Morgan fingerprint density at radius 3 is 1.95 bits per heavy atom. The molecule has 4 N–H and O–H groups in total. The van der Waals surface area contributed by atoms with Crippen molar-refractivity contribution < 1.29 is 28.8 Å². The average Bonchev–Trinajstić information content (AvgIpc) is 3.91. The van der Waals surface area contributed by atoms with Crippen LogP contribution in [0.15, 0.2) is 39.9 Å². The minimum absolute atomic E-state index is 0.0106. The maximum absolute atomic E-state index is 14.3. The van der Waals surface area contributed by atoms with E-state index in [1.165, 1.54) is 9.13 Å². The first-order valence-corrected chi connectivity index (χ1v) is 18.8. The molecule has 0 bridgehead atoms. The van der Waals surface area contributed by atoms with Crippen LogP contribution in [0.5, 0.6) is 0 Å². The molecule has 292 valence electrons. The number of amides is 6. The van der Waals surface area contributed by atoms with Crippen LogP contribution in [0.4, 0.5) is 0 Å². The molecule has 0 spiro atoms. The standard InChI is InChI=1S/C40H44N8O8/c1-19-43-26-8-6-7-21(32(26)38(55)47(19)27-11-13-29(49)45-36(27)53)18-42-35(52)25-15-24(25)23-10-9-22(17-41-31(51)16-40(3,4)5)33-34(23)44-20(2)48(39(33)56)28-12-14-30(50)46-37(28)54/h6-10,24-25,27-28H,11-18H2,1-5H3,(H,41,51)(H,42,52)(H,45,49,53)(H,46,50,54). The van der Waals surface area contributed by atoms with E-state index in [2.05, 4.69) is 26.3 Å². The zero-order chi connectivity index (χ0) is 40.2. The molecule has 3 aliphatic rings. The fourth-order valence-corrected chi connectivity index (χ4v) is 7.98. The number of nitrogens with zero attached hydrogens (tertiary/aromatic N) is 4. The molecular formula is C40H44N8O8. The number of aryl methyl sites for hydroxylation is 2. The molecule has 2 saturated heterocycles. The highest BCUT2D eigenvalue weighted by molar-refractivity contribution is 6.00. The highest BCUT2D eigenvalue weighted by Crippen LogP contribution is 2.49. The van der Waals surface area contributed by atoms with Gasteiger partial charge in [0.25, 0.3) is 11.1 Å². The normalized spacial score (nSPS) is 21.2. The largest absolute Gasteiger partial charge is 0.352 e. The second kappa shape index (κ2) is 14.5. The van der Waals surface area contributed by atoms with E-state index in [9.17, 15) is 38.4 Å². The van der Waals surface area contributed by atoms with Crippen molar-refractivity contribution in [1.82, 2.24) is 40.4 Å². The Morgan fingerprint density at radius 1 is 0.768 bits per heavy atom. The summed E-state index contributed by atoms with van der Waals surface area (Å²) in [5, 5.41) is 11.0. The summed E-state index contributed by atoms with van der Waals surface area (Å²) < 4.78 is 2.61. The van der Waals surface area contributed by atoms with E-state index >= 15 is 0 Å². The van der Waals surface area contributed by atoms with Crippen molar-refractivity contribution in [3.8, 4) is 0 Å². The third kappa shape index (κ3) is 7.34. The van der Waals surface area contributed by atoms with Crippen LogP contribution >= 0.6 is 0 Å². The molecule has 2 aromatic heterocycles. The molecule has 6 amide bonds. The summed E-state index contributed by atoms with van der Waals surface area (Å²) >= 11 is 0. The molecule has 2 aromatic carbocycles. The summed E-state index contributed by atoms with van der Waals surface area (Å²) in [6.07, 6.45) is 1.21. The summed E-state index contributed by atoms with van der Waals surface area (Å²) in [6.45, 7) is 9.15. The third-order valence-corrected chi connectivity index (χ3v) is 10.7. The Labute approximate surface area is 320 Å². The van der Waals surface area contributed by atoms with Crippen LogP contribution in [0, 0.1) is 25.2 Å². The Kier molecular flexibility index (Phi) is 9.93. The number of hydrogen-bond donors (Lipinski definition) is 4. The highest BCUT2D eigenvalue weighted by Gasteiger charge is 2.45. The van der Waals surface area contributed by atoms with Gasteiger partial charge in [-0.25, -0.2) is 9.97 Å². The molecule has 7 rings (SSSR count). The fraction of sp³-hybridized carbons (Fsp3) is 0.450. The molecular weight excluding hydrogens is 720 g/mol. The number of carbonyl (C=O) groups is 6. The SMILES string of the molecule is Cc1nc2cccc(CNC(=O)C3CC3c3ccc(CNC(=O)CC(C)(C)C)c4c(=O)n(C5CCC(=O)NC5=O)c(C)nc34)c2c(=O)n1C1CCC(=O)NC1=O. The smallest absolute Gasteiger partial charge is 0.262 e. The molecule has 3 fully saturated rings. The quantitative estimate of drug-likeness (QED) is 0.182. The van der Waals surface area contributed by atoms with Gasteiger partial charge < -0.3 is 10.6 Å². The van der Waals surface area contributed by atoms with Crippen LogP contribution in [0.3, 0.4) is 0 Å². The molecule has 4 atom stereocenters. The average molecular weight is 765 g/mol. The number of carbonyl (C=O) groups excluding carboxylic acids is 6. The van der Waals surface area contributed by atoms with E-state index in [1.807, 2.05) is 26.8 Å². The minimum Gasteiger partial charge on any atom is -0.352 e. The summed E-state index contributed by atoms with van der Waals surface area (Å²) in [5.41, 5.74) is 1.32. The lowest BCUT2D eigenvalue weighted by molar-refractivity contribution is -0.137. The molecule has 0 radical (unpaired) electrons. The molecule has 4 heterocycles. The number of imide groups is 2. The summed E-state index contributed by atoms with van der Waals surface area (Å²) in [7, 11) is 0. The predicted molar refractivity (Wildman–Crippen MR) is 203 cm³/mol. The van der Waals surface area contributed by atoms with Crippen molar-refractivity contribution in [3.05, 3.63) is 79.4 Å². The molecule has 4 aromatic rings. The number of benzene rings is 2. The van der Waals surface area contributed by atoms with Gasteiger partial charge in [0, 0.05) is 38.3 Å². The van der Waals surface area contributed by atoms with Crippen LogP contribution in [-0.4, -0.2) is 54.5 Å².